The van der Waals surface area contributed by atoms with Gasteiger partial charge in [-0.05, 0) is 36.0 Å². The lowest BCUT2D eigenvalue weighted by atomic mass is 9.88. The van der Waals surface area contributed by atoms with Crippen LogP contribution in [0.1, 0.15) is 35.6 Å². The maximum Gasteiger partial charge on any atom is 0.234 e. The zero-order valence-electron chi connectivity index (χ0n) is 13.2. The fraction of sp³-hybridized carbons (Fsp3) is 0.350. The predicted octanol–water partition coefficient (Wildman–Crippen LogP) is 2.91. The van der Waals surface area contributed by atoms with E-state index >= 15 is 0 Å². The third kappa shape index (κ3) is 3.15. The number of benzene rings is 2. The van der Waals surface area contributed by atoms with E-state index in [2.05, 4.69) is 58.7 Å². The van der Waals surface area contributed by atoms with E-state index in [1.807, 2.05) is 6.07 Å². The summed E-state index contributed by atoms with van der Waals surface area (Å²) in [6.07, 6.45) is 3.28. The number of amides is 1. The van der Waals surface area contributed by atoms with Gasteiger partial charge in [0.05, 0.1) is 12.6 Å². The van der Waals surface area contributed by atoms with Crippen LogP contribution in [0.5, 0.6) is 0 Å². The Morgan fingerprint density at radius 2 is 1.78 bits per heavy atom. The Balaban J connectivity index is 1.63. The topological polar surface area (TPSA) is 32.3 Å². The molecule has 0 aromatic heterocycles. The van der Waals surface area contributed by atoms with Gasteiger partial charge >= 0.3 is 0 Å². The molecular formula is C20H22N2O. The SMILES string of the molecule is O=C(CN1CCc2ccccc2[C@H]1c1ccccc1)NC1CC1. The summed E-state index contributed by atoms with van der Waals surface area (Å²) >= 11 is 0. The van der Waals surface area contributed by atoms with Crippen molar-refractivity contribution in [3.8, 4) is 0 Å². The minimum Gasteiger partial charge on any atom is -0.352 e. The molecule has 118 valence electrons. The third-order valence-corrected chi connectivity index (χ3v) is 4.79. The first-order valence-electron chi connectivity index (χ1n) is 8.47. The number of nitrogens with zero attached hydrogens (tertiary/aromatic N) is 1. The first-order chi connectivity index (χ1) is 11.3. The van der Waals surface area contributed by atoms with Crippen LogP contribution < -0.4 is 5.32 Å². The normalized spacial score (nSPS) is 20.8. The number of nitrogens with one attached hydrogen (secondary N) is 1. The summed E-state index contributed by atoms with van der Waals surface area (Å²) in [7, 11) is 0. The molecular weight excluding hydrogens is 284 g/mol. The van der Waals surface area contributed by atoms with Crippen LogP contribution in [-0.4, -0.2) is 29.9 Å². The summed E-state index contributed by atoms with van der Waals surface area (Å²) < 4.78 is 0. The summed E-state index contributed by atoms with van der Waals surface area (Å²) in [6, 6.07) is 19.8. The highest BCUT2D eigenvalue weighted by molar-refractivity contribution is 5.78. The molecule has 0 unspecified atom stereocenters. The number of hydrogen-bond acceptors (Lipinski definition) is 2. The zero-order valence-corrected chi connectivity index (χ0v) is 13.2. The maximum atomic E-state index is 12.3. The summed E-state index contributed by atoms with van der Waals surface area (Å²) in [6.45, 7) is 1.40. The van der Waals surface area contributed by atoms with Gasteiger partial charge in [0.2, 0.25) is 5.91 Å². The minimum atomic E-state index is 0.160. The molecule has 2 aliphatic rings. The van der Waals surface area contributed by atoms with E-state index in [1.54, 1.807) is 0 Å². The standard InChI is InChI=1S/C20H22N2O/c23-19(21-17-10-11-17)14-22-13-12-15-6-4-5-9-18(15)20(22)16-7-2-1-3-8-16/h1-9,17,20H,10-14H2,(H,21,23)/t20-/m1/s1. The van der Waals surface area contributed by atoms with Crippen LogP contribution in [0, 0.1) is 0 Å². The van der Waals surface area contributed by atoms with Gasteiger partial charge in [0.1, 0.15) is 0 Å². The first kappa shape index (κ1) is 14.5. The van der Waals surface area contributed by atoms with Gasteiger partial charge in [-0.25, -0.2) is 0 Å². The van der Waals surface area contributed by atoms with Crippen molar-refractivity contribution in [1.29, 1.82) is 0 Å². The minimum absolute atomic E-state index is 0.160. The van der Waals surface area contributed by atoms with Crippen molar-refractivity contribution >= 4 is 5.91 Å². The van der Waals surface area contributed by atoms with Gasteiger partial charge in [-0.3, -0.25) is 9.69 Å². The molecule has 0 bridgehead atoms. The number of carbonyl (C=O) groups excluding carboxylic acids is 1. The highest BCUT2D eigenvalue weighted by Gasteiger charge is 2.31. The second-order valence-corrected chi connectivity index (χ2v) is 6.57. The van der Waals surface area contributed by atoms with Crippen molar-refractivity contribution < 1.29 is 4.79 Å². The molecule has 1 amide bonds. The van der Waals surface area contributed by atoms with Crippen molar-refractivity contribution in [2.24, 2.45) is 0 Å². The Bertz CT molecular complexity index is 694. The molecule has 3 nitrogen and oxygen atoms in total. The van der Waals surface area contributed by atoms with Crippen LogP contribution >= 0.6 is 0 Å². The van der Waals surface area contributed by atoms with E-state index in [9.17, 15) is 4.79 Å². The number of rotatable bonds is 4. The Hall–Kier alpha value is -2.13. The summed E-state index contributed by atoms with van der Waals surface area (Å²) in [4.78, 5) is 14.6. The monoisotopic (exact) mass is 306 g/mol. The van der Waals surface area contributed by atoms with Gasteiger partial charge in [-0.2, -0.15) is 0 Å². The van der Waals surface area contributed by atoms with Crippen LogP contribution in [0.15, 0.2) is 54.6 Å². The molecule has 0 radical (unpaired) electrons. The number of carbonyl (C=O) groups is 1. The van der Waals surface area contributed by atoms with Crippen LogP contribution in [-0.2, 0) is 11.2 Å². The lowest BCUT2D eigenvalue weighted by Crippen LogP contribution is -2.43. The second kappa shape index (κ2) is 6.17. The summed E-state index contributed by atoms with van der Waals surface area (Å²) in [5.74, 6) is 0.160. The Kier molecular flexibility index (Phi) is 3.88. The largest absolute Gasteiger partial charge is 0.352 e. The van der Waals surface area contributed by atoms with Crippen LogP contribution in [0.2, 0.25) is 0 Å². The van der Waals surface area contributed by atoms with E-state index in [0.29, 0.717) is 12.6 Å². The van der Waals surface area contributed by atoms with Gasteiger partial charge in [-0.1, -0.05) is 54.6 Å². The quantitative estimate of drug-likeness (QED) is 0.942. The molecule has 2 aromatic carbocycles. The summed E-state index contributed by atoms with van der Waals surface area (Å²) in [5, 5.41) is 3.12. The molecule has 4 rings (SSSR count). The molecule has 2 aromatic rings. The second-order valence-electron chi connectivity index (χ2n) is 6.57. The van der Waals surface area contributed by atoms with Gasteiger partial charge in [-0.15, -0.1) is 0 Å². The molecule has 1 saturated carbocycles. The Labute approximate surface area is 137 Å². The van der Waals surface area contributed by atoms with E-state index in [4.69, 9.17) is 0 Å². The molecule has 1 N–H and O–H groups in total. The van der Waals surface area contributed by atoms with Gasteiger partial charge in [0.25, 0.3) is 0 Å². The number of fused-ring (bicyclic) bond motifs is 1. The van der Waals surface area contributed by atoms with Gasteiger partial charge in [0.15, 0.2) is 0 Å². The molecule has 1 aliphatic heterocycles. The third-order valence-electron chi connectivity index (χ3n) is 4.79. The van der Waals surface area contributed by atoms with Crippen LogP contribution in [0.3, 0.4) is 0 Å². The maximum absolute atomic E-state index is 12.3. The molecule has 1 fully saturated rings. The van der Waals surface area contributed by atoms with E-state index in [0.717, 1.165) is 25.8 Å². The lowest BCUT2D eigenvalue weighted by Gasteiger charge is -2.37. The van der Waals surface area contributed by atoms with Crippen molar-refractivity contribution in [3.63, 3.8) is 0 Å². The molecule has 0 spiro atoms. The smallest absolute Gasteiger partial charge is 0.234 e. The van der Waals surface area contributed by atoms with Crippen molar-refractivity contribution in [1.82, 2.24) is 10.2 Å². The van der Waals surface area contributed by atoms with Gasteiger partial charge in [0, 0.05) is 12.6 Å². The van der Waals surface area contributed by atoms with Crippen LogP contribution in [0.25, 0.3) is 0 Å². The van der Waals surface area contributed by atoms with Crippen molar-refractivity contribution in [3.05, 3.63) is 71.3 Å². The van der Waals surface area contributed by atoms with E-state index in [1.165, 1.54) is 16.7 Å². The molecule has 1 atom stereocenters. The van der Waals surface area contributed by atoms with Gasteiger partial charge < -0.3 is 5.32 Å². The fourth-order valence-electron chi connectivity index (χ4n) is 3.50. The predicted molar refractivity (Wildman–Crippen MR) is 91.2 cm³/mol. The molecule has 1 aliphatic carbocycles. The average molecular weight is 306 g/mol. The first-order valence-corrected chi connectivity index (χ1v) is 8.47. The highest BCUT2D eigenvalue weighted by Crippen LogP contribution is 2.34. The molecule has 23 heavy (non-hydrogen) atoms. The zero-order chi connectivity index (χ0) is 15.6. The molecule has 0 saturated heterocycles. The average Bonchev–Trinajstić information content (AvgIpc) is 3.39. The van der Waals surface area contributed by atoms with Crippen molar-refractivity contribution in [2.75, 3.05) is 13.1 Å². The molecule has 1 heterocycles. The lowest BCUT2D eigenvalue weighted by molar-refractivity contribution is -0.122. The van der Waals surface area contributed by atoms with E-state index < -0.39 is 0 Å². The number of hydrogen-bond donors (Lipinski definition) is 1. The fourth-order valence-corrected chi connectivity index (χ4v) is 3.50. The van der Waals surface area contributed by atoms with Crippen LogP contribution in [0.4, 0.5) is 0 Å². The van der Waals surface area contributed by atoms with E-state index in [-0.39, 0.29) is 11.9 Å². The molecule has 3 heteroatoms. The Morgan fingerprint density at radius 3 is 2.57 bits per heavy atom. The van der Waals surface area contributed by atoms with Crippen molar-refractivity contribution in [2.45, 2.75) is 31.3 Å². The Morgan fingerprint density at radius 1 is 1.04 bits per heavy atom. The highest BCUT2D eigenvalue weighted by atomic mass is 16.2. The summed E-state index contributed by atoms with van der Waals surface area (Å²) in [5.41, 5.74) is 4.00.